The molecule has 1 aliphatic rings. The molecule has 8 heteroatoms. The van der Waals surface area contributed by atoms with Crippen molar-refractivity contribution >= 4 is 40.3 Å². The predicted molar refractivity (Wildman–Crippen MR) is 182 cm³/mol. The molecule has 3 rings (SSSR count). The quantitative estimate of drug-likeness (QED) is 0.134. The van der Waals surface area contributed by atoms with Gasteiger partial charge in [-0.3, -0.25) is 4.79 Å². The van der Waals surface area contributed by atoms with Crippen LogP contribution in [0.2, 0.25) is 0 Å². The van der Waals surface area contributed by atoms with Gasteiger partial charge in [0.1, 0.15) is 5.75 Å². The highest BCUT2D eigenvalue weighted by Crippen LogP contribution is 2.31. The Hall–Kier alpha value is -2.32. The molecule has 1 aliphatic heterocycles. The highest BCUT2D eigenvalue weighted by Gasteiger charge is 2.11. The first kappa shape index (κ1) is 35.9. The van der Waals surface area contributed by atoms with Crippen LogP contribution < -0.4 is 19.5 Å². The van der Waals surface area contributed by atoms with Crippen molar-refractivity contribution in [3.8, 4) is 17.2 Å². The molecule has 0 aliphatic carbocycles. The maximum Gasteiger partial charge on any atom is 0.262 e. The van der Waals surface area contributed by atoms with E-state index in [4.69, 9.17) is 14.2 Å². The molecular formula is C34H51BrN2O4S. The second kappa shape index (κ2) is 21.4. The Morgan fingerprint density at radius 3 is 2.10 bits per heavy atom. The van der Waals surface area contributed by atoms with Crippen molar-refractivity contribution in [2.75, 3.05) is 31.5 Å². The average Bonchev–Trinajstić information content (AvgIpc) is 3.39. The lowest BCUT2D eigenvalue weighted by molar-refractivity contribution is -0.118. The van der Waals surface area contributed by atoms with Crippen LogP contribution in [-0.2, 0) is 11.3 Å². The van der Waals surface area contributed by atoms with Gasteiger partial charge in [-0.25, -0.2) is 0 Å². The van der Waals surface area contributed by atoms with Crippen LogP contribution in [0.25, 0.3) is 0 Å². The summed E-state index contributed by atoms with van der Waals surface area (Å²) < 4.78 is 17.2. The van der Waals surface area contributed by atoms with Gasteiger partial charge >= 0.3 is 0 Å². The Balaban J connectivity index is 0.00000616. The number of rotatable bonds is 21. The first-order chi connectivity index (χ1) is 20.1. The SMILES string of the molecule is Br.CCCCCCCCCCCCCCOc1ccc(OCC(=O)Nc2ccc(CN3C=C(C)SC3)cc2)cc1OC. The zero-order chi connectivity index (χ0) is 29.1. The molecule has 0 radical (unpaired) electrons. The number of halogens is 1. The van der Waals surface area contributed by atoms with Gasteiger partial charge in [-0.05, 0) is 48.1 Å². The molecular weight excluding hydrogens is 612 g/mol. The number of anilines is 1. The van der Waals surface area contributed by atoms with E-state index in [1.807, 2.05) is 48.2 Å². The Labute approximate surface area is 268 Å². The molecule has 0 aromatic heterocycles. The molecule has 1 N–H and O–H groups in total. The maximum atomic E-state index is 12.4. The van der Waals surface area contributed by atoms with Gasteiger partial charge in [-0.1, -0.05) is 89.7 Å². The summed E-state index contributed by atoms with van der Waals surface area (Å²) in [5.74, 6) is 2.65. The Morgan fingerprint density at radius 2 is 1.50 bits per heavy atom. The minimum atomic E-state index is -0.210. The zero-order valence-electron chi connectivity index (χ0n) is 25.8. The van der Waals surface area contributed by atoms with Gasteiger partial charge in [0.15, 0.2) is 18.1 Å². The lowest BCUT2D eigenvalue weighted by Crippen LogP contribution is -2.20. The highest BCUT2D eigenvalue weighted by molar-refractivity contribution is 8.93. The number of ether oxygens (including phenoxy) is 3. The summed E-state index contributed by atoms with van der Waals surface area (Å²) in [6.07, 6.45) is 18.0. The van der Waals surface area contributed by atoms with Gasteiger partial charge in [0.2, 0.25) is 0 Å². The molecule has 1 amide bonds. The number of amides is 1. The van der Waals surface area contributed by atoms with Crippen LogP contribution in [0.5, 0.6) is 17.2 Å². The van der Waals surface area contributed by atoms with Crippen molar-refractivity contribution in [3.63, 3.8) is 0 Å². The molecule has 6 nitrogen and oxygen atoms in total. The number of carbonyl (C=O) groups is 1. The third kappa shape index (κ3) is 14.2. The Morgan fingerprint density at radius 1 is 0.857 bits per heavy atom. The number of unbranched alkanes of at least 4 members (excludes halogenated alkanes) is 11. The fourth-order valence-electron chi connectivity index (χ4n) is 4.86. The fourth-order valence-corrected chi connectivity index (χ4v) is 5.62. The molecule has 2 aromatic rings. The van der Waals surface area contributed by atoms with Crippen LogP contribution in [0.4, 0.5) is 5.69 Å². The summed E-state index contributed by atoms with van der Waals surface area (Å²) in [6, 6.07) is 13.4. The molecule has 0 saturated carbocycles. The molecule has 0 spiro atoms. The van der Waals surface area contributed by atoms with E-state index >= 15 is 0 Å². The minimum absolute atomic E-state index is 0. The Kier molecular flexibility index (Phi) is 18.3. The van der Waals surface area contributed by atoms with Gasteiger partial charge in [0.05, 0.1) is 19.6 Å². The second-order valence-electron chi connectivity index (χ2n) is 10.8. The molecule has 42 heavy (non-hydrogen) atoms. The monoisotopic (exact) mass is 662 g/mol. The van der Waals surface area contributed by atoms with Crippen LogP contribution in [0, 0.1) is 0 Å². The molecule has 2 aromatic carbocycles. The molecule has 234 valence electrons. The van der Waals surface area contributed by atoms with Crippen molar-refractivity contribution in [1.82, 2.24) is 4.90 Å². The van der Waals surface area contributed by atoms with E-state index in [-0.39, 0.29) is 29.5 Å². The normalized spacial score (nSPS) is 12.5. The first-order valence-electron chi connectivity index (χ1n) is 15.4. The molecule has 0 unspecified atom stereocenters. The van der Waals surface area contributed by atoms with Gasteiger partial charge in [0, 0.05) is 24.5 Å². The molecule has 0 fully saturated rings. The van der Waals surface area contributed by atoms with Crippen LogP contribution in [0.15, 0.2) is 53.6 Å². The van der Waals surface area contributed by atoms with E-state index in [0.717, 1.165) is 24.5 Å². The van der Waals surface area contributed by atoms with Gasteiger partial charge < -0.3 is 24.4 Å². The van der Waals surface area contributed by atoms with Crippen molar-refractivity contribution < 1.29 is 19.0 Å². The highest BCUT2D eigenvalue weighted by atomic mass is 79.9. The third-order valence-corrected chi connectivity index (χ3v) is 8.23. The largest absolute Gasteiger partial charge is 0.493 e. The number of methoxy groups -OCH3 is 1. The average molecular weight is 664 g/mol. The zero-order valence-corrected chi connectivity index (χ0v) is 28.4. The fraction of sp³-hybridized carbons (Fsp3) is 0.559. The minimum Gasteiger partial charge on any atom is -0.493 e. The van der Waals surface area contributed by atoms with E-state index in [1.54, 1.807) is 13.2 Å². The van der Waals surface area contributed by atoms with Crippen LogP contribution in [0.1, 0.15) is 96.5 Å². The van der Waals surface area contributed by atoms with E-state index in [1.165, 1.54) is 81.1 Å². The van der Waals surface area contributed by atoms with Crippen molar-refractivity contribution in [2.45, 2.75) is 97.4 Å². The summed E-state index contributed by atoms with van der Waals surface area (Å²) in [5, 5.41) is 2.90. The number of allylic oxidation sites excluding steroid dienone is 1. The van der Waals surface area contributed by atoms with E-state index in [9.17, 15) is 4.79 Å². The number of hydrogen-bond acceptors (Lipinski definition) is 6. The summed E-state index contributed by atoms with van der Waals surface area (Å²) in [7, 11) is 1.62. The molecule has 0 atom stereocenters. The second-order valence-corrected chi connectivity index (χ2v) is 12.0. The molecule has 0 bridgehead atoms. The third-order valence-electron chi connectivity index (χ3n) is 7.21. The summed E-state index contributed by atoms with van der Waals surface area (Å²) >= 11 is 1.85. The summed E-state index contributed by atoms with van der Waals surface area (Å²) in [5.41, 5.74) is 1.96. The van der Waals surface area contributed by atoms with E-state index < -0.39 is 0 Å². The van der Waals surface area contributed by atoms with Gasteiger partial charge in [-0.2, -0.15) is 0 Å². The van der Waals surface area contributed by atoms with Crippen molar-refractivity contribution in [1.29, 1.82) is 0 Å². The Bertz CT molecular complexity index is 1060. The van der Waals surface area contributed by atoms with Crippen molar-refractivity contribution in [2.24, 2.45) is 0 Å². The predicted octanol–water partition coefficient (Wildman–Crippen LogP) is 9.74. The standard InChI is InChI=1S/C34H50N2O4S.BrH/c1-4-5-6-7-8-9-10-11-12-13-14-15-22-39-32-21-20-31(23-33(32)38-3)40-26-34(37)35-30-18-16-29(17-19-30)25-36-24-28(2)41-27-36;/h16-21,23-24H,4-15,22,25-27H2,1-3H3,(H,35,37);1H. The van der Waals surface area contributed by atoms with Gasteiger partial charge in [-0.15, -0.1) is 28.7 Å². The number of hydrogen-bond donors (Lipinski definition) is 1. The van der Waals surface area contributed by atoms with E-state index in [0.29, 0.717) is 23.9 Å². The van der Waals surface area contributed by atoms with Crippen LogP contribution in [0.3, 0.4) is 0 Å². The smallest absolute Gasteiger partial charge is 0.262 e. The molecule has 1 heterocycles. The lowest BCUT2D eigenvalue weighted by atomic mass is 10.1. The van der Waals surface area contributed by atoms with Crippen LogP contribution in [-0.4, -0.2) is 37.0 Å². The number of nitrogens with zero attached hydrogens (tertiary/aromatic N) is 1. The van der Waals surface area contributed by atoms with Crippen molar-refractivity contribution in [3.05, 3.63) is 59.1 Å². The topological polar surface area (TPSA) is 60.0 Å². The first-order valence-corrected chi connectivity index (χ1v) is 16.4. The number of benzene rings is 2. The van der Waals surface area contributed by atoms with Gasteiger partial charge in [0.25, 0.3) is 5.91 Å². The number of thioether (sulfide) groups is 1. The number of carbonyl (C=O) groups excluding carboxylic acids is 1. The van der Waals surface area contributed by atoms with E-state index in [2.05, 4.69) is 30.3 Å². The van der Waals surface area contributed by atoms with Crippen LogP contribution >= 0.6 is 28.7 Å². The number of nitrogens with one attached hydrogen (secondary N) is 1. The summed E-state index contributed by atoms with van der Waals surface area (Å²) in [6.45, 7) is 5.85. The summed E-state index contributed by atoms with van der Waals surface area (Å²) in [4.78, 5) is 16.1. The molecule has 0 saturated heterocycles. The lowest BCUT2D eigenvalue weighted by Gasteiger charge is -2.15. The maximum absolute atomic E-state index is 12.4.